The third-order valence-electron chi connectivity index (χ3n) is 2.04. The van der Waals surface area contributed by atoms with Crippen LogP contribution in [-0.2, 0) is 4.79 Å². The molecule has 0 fully saturated rings. The highest BCUT2D eigenvalue weighted by Gasteiger charge is 2.10. The zero-order valence-electron chi connectivity index (χ0n) is 9.62. The van der Waals surface area contributed by atoms with Gasteiger partial charge in [-0.1, -0.05) is 6.92 Å². The van der Waals surface area contributed by atoms with Crippen molar-refractivity contribution in [3.8, 4) is 6.07 Å². The Balaban J connectivity index is 2.36. The van der Waals surface area contributed by atoms with Gasteiger partial charge in [0.25, 0.3) is 0 Å². The number of carbonyl (C=O) groups excluding carboxylic acids is 1. The second kappa shape index (κ2) is 6.70. The molecular formula is C10H15N5OS. The predicted octanol–water partition coefficient (Wildman–Crippen LogP) is 0.925. The monoisotopic (exact) mass is 253 g/mol. The first-order valence-corrected chi connectivity index (χ1v) is 6.12. The zero-order chi connectivity index (χ0) is 12.7. The summed E-state index contributed by atoms with van der Waals surface area (Å²) in [4.78, 5) is 11.3. The molecule has 1 rings (SSSR count). The van der Waals surface area contributed by atoms with Gasteiger partial charge >= 0.3 is 0 Å². The fourth-order valence-corrected chi connectivity index (χ4v) is 1.86. The Labute approximate surface area is 104 Å². The van der Waals surface area contributed by atoms with Gasteiger partial charge in [0.05, 0.1) is 0 Å². The van der Waals surface area contributed by atoms with E-state index in [1.165, 1.54) is 0 Å². The number of amides is 1. The molecule has 1 heterocycles. The van der Waals surface area contributed by atoms with Gasteiger partial charge in [0, 0.05) is 19.5 Å². The van der Waals surface area contributed by atoms with Crippen LogP contribution in [0.2, 0.25) is 0 Å². The molecule has 0 saturated carbocycles. The second-order valence-electron chi connectivity index (χ2n) is 3.41. The highest BCUT2D eigenvalue weighted by Crippen LogP contribution is 2.25. The SMILES string of the molecule is CCCNC(=O)CCNc1snc(N)c1C#N. The lowest BCUT2D eigenvalue weighted by molar-refractivity contribution is -0.120. The maximum absolute atomic E-state index is 11.3. The summed E-state index contributed by atoms with van der Waals surface area (Å²) in [5.74, 6) is 0.228. The average molecular weight is 253 g/mol. The fraction of sp³-hybridized carbons (Fsp3) is 0.500. The van der Waals surface area contributed by atoms with Crippen LogP contribution in [-0.4, -0.2) is 23.4 Å². The number of rotatable bonds is 6. The first kappa shape index (κ1) is 13.3. The van der Waals surface area contributed by atoms with Crippen LogP contribution in [0.3, 0.4) is 0 Å². The molecule has 0 atom stereocenters. The summed E-state index contributed by atoms with van der Waals surface area (Å²) in [6.45, 7) is 3.15. The minimum atomic E-state index is -0.00431. The Morgan fingerprint density at radius 2 is 2.35 bits per heavy atom. The van der Waals surface area contributed by atoms with Gasteiger partial charge in [-0.25, -0.2) is 0 Å². The van der Waals surface area contributed by atoms with Crippen molar-refractivity contribution in [2.24, 2.45) is 0 Å². The third kappa shape index (κ3) is 3.92. The van der Waals surface area contributed by atoms with Crippen molar-refractivity contribution in [1.29, 1.82) is 5.26 Å². The molecule has 17 heavy (non-hydrogen) atoms. The first-order chi connectivity index (χ1) is 8.19. The number of carbonyl (C=O) groups is 1. The topological polar surface area (TPSA) is 104 Å². The zero-order valence-corrected chi connectivity index (χ0v) is 10.4. The maximum Gasteiger partial charge on any atom is 0.221 e. The summed E-state index contributed by atoms with van der Waals surface area (Å²) in [5.41, 5.74) is 5.86. The van der Waals surface area contributed by atoms with E-state index >= 15 is 0 Å². The van der Waals surface area contributed by atoms with E-state index in [9.17, 15) is 4.79 Å². The molecule has 0 aliphatic rings. The molecule has 4 N–H and O–H groups in total. The number of hydrogen-bond acceptors (Lipinski definition) is 6. The third-order valence-corrected chi connectivity index (χ3v) is 2.86. The molecule has 0 saturated heterocycles. The van der Waals surface area contributed by atoms with Gasteiger partial charge in [-0.3, -0.25) is 4.79 Å². The summed E-state index contributed by atoms with van der Waals surface area (Å²) < 4.78 is 3.87. The van der Waals surface area contributed by atoms with Crippen LogP contribution in [0.25, 0.3) is 0 Å². The highest BCUT2D eigenvalue weighted by atomic mass is 32.1. The Hall–Kier alpha value is -1.81. The minimum Gasteiger partial charge on any atom is -0.382 e. The summed E-state index contributed by atoms with van der Waals surface area (Å²) in [7, 11) is 0. The Morgan fingerprint density at radius 1 is 1.59 bits per heavy atom. The van der Waals surface area contributed by atoms with E-state index < -0.39 is 0 Å². The van der Waals surface area contributed by atoms with Crippen LogP contribution in [0, 0.1) is 11.3 Å². The predicted molar refractivity (Wildman–Crippen MR) is 67.6 cm³/mol. The summed E-state index contributed by atoms with van der Waals surface area (Å²) in [6, 6.07) is 1.98. The molecule has 0 unspecified atom stereocenters. The Morgan fingerprint density at radius 3 is 3.00 bits per heavy atom. The molecule has 1 amide bonds. The lowest BCUT2D eigenvalue weighted by atomic mass is 10.3. The number of nitriles is 1. The summed E-state index contributed by atoms with van der Waals surface area (Å²) in [6.07, 6.45) is 1.28. The van der Waals surface area contributed by atoms with E-state index in [1.807, 2.05) is 13.0 Å². The Kier molecular flexibility index (Phi) is 5.23. The molecule has 6 nitrogen and oxygen atoms in total. The maximum atomic E-state index is 11.3. The smallest absolute Gasteiger partial charge is 0.221 e. The minimum absolute atomic E-state index is 0.00431. The molecule has 0 aromatic carbocycles. The molecule has 1 aromatic rings. The number of aromatic nitrogens is 1. The van der Waals surface area contributed by atoms with Gasteiger partial charge in [-0.05, 0) is 18.0 Å². The number of nitrogen functional groups attached to an aromatic ring is 1. The van der Waals surface area contributed by atoms with Crippen LogP contribution in [0.1, 0.15) is 25.3 Å². The van der Waals surface area contributed by atoms with Gasteiger partial charge in [-0.15, -0.1) is 0 Å². The lowest BCUT2D eigenvalue weighted by Crippen LogP contribution is -2.25. The van der Waals surface area contributed by atoms with Gasteiger partial charge in [0.2, 0.25) is 5.91 Å². The number of nitrogens with zero attached hydrogens (tertiary/aromatic N) is 2. The Bertz CT molecular complexity index is 423. The van der Waals surface area contributed by atoms with E-state index in [1.54, 1.807) is 0 Å². The molecule has 0 aliphatic heterocycles. The lowest BCUT2D eigenvalue weighted by Gasteiger charge is -2.04. The molecule has 1 aromatic heterocycles. The average Bonchev–Trinajstić information content (AvgIpc) is 2.67. The van der Waals surface area contributed by atoms with Crippen molar-refractivity contribution in [3.63, 3.8) is 0 Å². The molecule has 7 heteroatoms. The molecule has 0 spiro atoms. The van der Waals surface area contributed by atoms with Crippen molar-refractivity contribution in [2.75, 3.05) is 24.1 Å². The largest absolute Gasteiger partial charge is 0.382 e. The molecule has 0 radical (unpaired) electrons. The van der Waals surface area contributed by atoms with E-state index in [0.717, 1.165) is 18.0 Å². The van der Waals surface area contributed by atoms with Crippen LogP contribution in [0.15, 0.2) is 0 Å². The van der Waals surface area contributed by atoms with E-state index in [4.69, 9.17) is 11.0 Å². The van der Waals surface area contributed by atoms with Crippen molar-refractivity contribution in [3.05, 3.63) is 5.56 Å². The second-order valence-corrected chi connectivity index (χ2v) is 4.18. The van der Waals surface area contributed by atoms with Crippen molar-refractivity contribution in [2.45, 2.75) is 19.8 Å². The number of nitrogens with one attached hydrogen (secondary N) is 2. The molecular weight excluding hydrogens is 238 g/mol. The van der Waals surface area contributed by atoms with Gasteiger partial charge < -0.3 is 16.4 Å². The van der Waals surface area contributed by atoms with Crippen LogP contribution < -0.4 is 16.4 Å². The fourth-order valence-electron chi connectivity index (χ4n) is 1.17. The standard InChI is InChI=1S/C10H15N5OS/c1-2-4-13-8(16)3-5-14-10-7(6-11)9(12)15-17-10/h14H,2-5H2,1H3,(H2,12,15)(H,13,16). The van der Waals surface area contributed by atoms with Crippen LogP contribution >= 0.6 is 11.5 Å². The van der Waals surface area contributed by atoms with Gasteiger partial charge in [0.1, 0.15) is 16.6 Å². The van der Waals surface area contributed by atoms with Gasteiger partial charge in [-0.2, -0.15) is 9.64 Å². The number of anilines is 2. The van der Waals surface area contributed by atoms with Gasteiger partial charge in [0.15, 0.2) is 5.82 Å². The van der Waals surface area contributed by atoms with Crippen molar-refractivity contribution < 1.29 is 4.79 Å². The summed E-state index contributed by atoms with van der Waals surface area (Å²) >= 11 is 1.13. The quantitative estimate of drug-likeness (QED) is 0.699. The van der Waals surface area contributed by atoms with E-state index in [0.29, 0.717) is 30.1 Å². The number of nitrogens with two attached hydrogens (primary N) is 1. The van der Waals surface area contributed by atoms with E-state index in [2.05, 4.69) is 15.0 Å². The normalized spacial score (nSPS) is 9.65. The van der Waals surface area contributed by atoms with Crippen LogP contribution in [0.4, 0.5) is 10.8 Å². The summed E-state index contributed by atoms with van der Waals surface area (Å²) in [5, 5.41) is 15.2. The molecule has 0 aliphatic carbocycles. The molecule has 92 valence electrons. The van der Waals surface area contributed by atoms with Crippen molar-refractivity contribution >= 4 is 28.3 Å². The van der Waals surface area contributed by atoms with Crippen molar-refractivity contribution in [1.82, 2.24) is 9.69 Å². The van der Waals surface area contributed by atoms with Crippen LogP contribution in [0.5, 0.6) is 0 Å². The first-order valence-electron chi connectivity index (χ1n) is 5.34. The number of hydrogen-bond donors (Lipinski definition) is 3. The van der Waals surface area contributed by atoms with E-state index in [-0.39, 0.29) is 11.7 Å². The highest BCUT2D eigenvalue weighted by molar-refractivity contribution is 7.10. The molecule has 0 bridgehead atoms.